The Morgan fingerprint density at radius 3 is 2.40 bits per heavy atom. The van der Waals surface area contributed by atoms with Crippen LogP contribution in [0.1, 0.15) is 38.1 Å². The molecule has 0 fully saturated rings. The summed E-state index contributed by atoms with van der Waals surface area (Å²) in [5.74, 6) is -1.81. The zero-order chi connectivity index (χ0) is 15.1. The van der Waals surface area contributed by atoms with Crippen molar-refractivity contribution in [3.63, 3.8) is 0 Å². The van der Waals surface area contributed by atoms with Crippen LogP contribution in [-0.2, 0) is 14.3 Å². The molecular formula is C15H17NO4. The summed E-state index contributed by atoms with van der Waals surface area (Å²) in [4.78, 5) is 37.2. The summed E-state index contributed by atoms with van der Waals surface area (Å²) in [6.07, 6.45) is 0. The van der Waals surface area contributed by atoms with Crippen LogP contribution in [0.3, 0.4) is 0 Å². The quantitative estimate of drug-likeness (QED) is 0.611. The Balaban J connectivity index is 2.31. The fourth-order valence-electron chi connectivity index (χ4n) is 2.09. The van der Waals surface area contributed by atoms with E-state index >= 15 is 0 Å². The SMILES string of the molecule is CC(C(=O)OC(C)(C)C)N1C(=O)C(=O)c2ccccc21. The molecule has 0 bridgehead atoms. The first-order valence-electron chi connectivity index (χ1n) is 6.42. The van der Waals surface area contributed by atoms with Crippen LogP contribution < -0.4 is 4.90 Å². The van der Waals surface area contributed by atoms with E-state index in [1.165, 1.54) is 4.90 Å². The Hall–Kier alpha value is -2.17. The van der Waals surface area contributed by atoms with E-state index in [4.69, 9.17) is 4.74 Å². The lowest BCUT2D eigenvalue weighted by molar-refractivity contribution is -0.156. The Morgan fingerprint density at radius 2 is 1.80 bits per heavy atom. The van der Waals surface area contributed by atoms with Crippen molar-refractivity contribution >= 4 is 23.3 Å². The third kappa shape index (κ3) is 2.43. The molecule has 5 heteroatoms. The number of benzene rings is 1. The molecule has 0 radical (unpaired) electrons. The monoisotopic (exact) mass is 275 g/mol. The number of anilines is 1. The minimum absolute atomic E-state index is 0.327. The zero-order valence-electron chi connectivity index (χ0n) is 12.0. The fraction of sp³-hybridized carbons (Fsp3) is 0.400. The zero-order valence-corrected chi connectivity index (χ0v) is 12.0. The second kappa shape index (κ2) is 4.74. The highest BCUT2D eigenvalue weighted by Crippen LogP contribution is 2.30. The Kier molecular flexibility index (Phi) is 3.38. The molecule has 0 aromatic heterocycles. The molecule has 1 aromatic carbocycles. The number of nitrogens with zero attached hydrogens (tertiary/aromatic N) is 1. The number of para-hydroxylation sites is 1. The first-order chi connectivity index (χ1) is 9.22. The number of hydrogen-bond acceptors (Lipinski definition) is 4. The van der Waals surface area contributed by atoms with Gasteiger partial charge in [0.05, 0.1) is 11.3 Å². The molecule has 2 rings (SSSR count). The van der Waals surface area contributed by atoms with Gasteiger partial charge in [0.2, 0.25) is 0 Å². The molecular weight excluding hydrogens is 258 g/mol. The summed E-state index contributed by atoms with van der Waals surface area (Å²) < 4.78 is 5.27. The number of carbonyl (C=O) groups is 3. The minimum atomic E-state index is -0.839. The van der Waals surface area contributed by atoms with Crippen molar-refractivity contribution in [2.45, 2.75) is 39.3 Å². The van der Waals surface area contributed by atoms with E-state index in [0.29, 0.717) is 11.3 Å². The summed E-state index contributed by atoms with van der Waals surface area (Å²) in [5.41, 5.74) is 0.145. The normalized spacial score (nSPS) is 16.1. The van der Waals surface area contributed by atoms with Crippen molar-refractivity contribution in [3.05, 3.63) is 29.8 Å². The molecule has 0 N–H and O–H groups in total. The second-order valence-corrected chi connectivity index (χ2v) is 5.73. The third-order valence-electron chi connectivity index (χ3n) is 2.96. The number of rotatable bonds is 2. The van der Waals surface area contributed by atoms with Gasteiger partial charge < -0.3 is 4.74 Å². The van der Waals surface area contributed by atoms with Gasteiger partial charge in [0, 0.05) is 0 Å². The third-order valence-corrected chi connectivity index (χ3v) is 2.96. The van der Waals surface area contributed by atoms with Crippen LogP contribution in [0.15, 0.2) is 24.3 Å². The molecule has 0 aliphatic carbocycles. The highest BCUT2D eigenvalue weighted by atomic mass is 16.6. The van der Waals surface area contributed by atoms with Crippen molar-refractivity contribution in [1.82, 2.24) is 0 Å². The van der Waals surface area contributed by atoms with Gasteiger partial charge in [-0.15, -0.1) is 0 Å². The molecule has 1 aliphatic rings. The molecule has 1 aliphatic heterocycles. The molecule has 1 atom stereocenters. The van der Waals surface area contributed by atoms with Crippen LogP contribution in [0.25, 0.3) is 0 Å². The maximum Gasteiger partial charge on any atom is 0.329 e. The summed E-state index contributed by atoms with van der Waals surface area (Å²) in [7, 11) is 0. The van der Waals surface area contributed by atoms with Crippen molar-refractivity contribution in [2.75, 3.05) is 4.90 Å². The van der Waals surface area contributed by atoms with E-state index in [1.54, 1.807) is 52.0 Å². The molecule has 5 nitrogen and oxygen atoms in total. The van der Waals surface area contributed by atoms with E-state index in [-0.39, 0.29) is 0 Å². The molecule has 1 heterocycles. The lowest BCUT2D eigenvalue weighted by atomic mass is 10.1. The first-order valence-corrected chi connectivity index (χ1v) is 6.42. The highest BCUT2D eigenvalue weighted by molar-refractivity contribution is 6.52. The largest absolute Gasteiger partial charge is 0.458 e. The van der Waals surface area contributed by atoms with Gasteiger partial charge in [-0.2, -0.15) is 0 Å². The average molecular weight is 275 g/mol. The summed E-state index contributed by atoms with van der Waals surface area (Å²) >= 11 is 0. The van der Waals surface area contributed by atoms with Gasteiger partial charge in [-0.1, -0.05) is 12.1 Å². The number of ketones is 1. The van der Waals surface area contributed by atoms with Gasteiger partial charge in [-0.25, -0.2) is 4.79 Å². The minimum Gasteiger partial charge on any atom is -0.458 e. The number of hydrogen-bond donors (Lipinski definition) is 0. The molecule has 106 valence electrons. The average Bonchev–Trinajstić information content (AvgIpc) is 2.60. The molecule has 1 aromatic rings. The molecule has 1 amide bonds. The van der Waals surface area contributed by atoms with E-state index in [1.807, 2.05) is 0 Å². The van der Waals surface area contributed by atoms with Crippen LogP contribution in [0, 0.1) is 0 Å². The second-order valence-electron chi connectivity index (χ2n) is 5.73. The van der Waals surface area contributed by atoms with E-state index in [2.05, 4.69) is 0 Å². The van der Waals surface area contributed by atoms with E-state index < -0.39 is 29.3 Å². The van der Waals surface area contributed by atoms with Crippen LogP contribution in [0.4, 0.5) is 5.69 Å². The van der Waals surface area contributed by atoms with Gasteiger partial charge in [0.25, 0.3) is 11.7 Å². The van der Waals surface area contributed by atoms with Gasteiger partial charge in [-0.3, -0.25) is 14.5 Å². The topological polar surface area (TPSA) is 63.7 Å². The molecule has 1 unspecified atom stereocenters. The smallest absolute Gasteiger partial charge is 0.329 e. The highest BCUT2D eigenvalue weighted by Gasteiger charge is 2.41. The molecule has 20 heavy (non-hydrogen) atoms. The number of fused-ring (bicyclic) bond motifs is 1. The predicted molar refractivity (Wildman–Crippen MR) is 73.6 cm³/mol. The van der Waals surface area contributed by atoms with Crippen LogP contribution in [0.2, 0.25) is 0 Å². The van der Waals surface area contributed by atoms with Gasteiger partial charge >= 0.3 is 5.97 Å². The number of ether oxygens (including phenoxy) is 1. The number of carbonyl (C=O) groups excluding carboxylic acids is 3. The number of amides is 1. The number of Topliss-reactive ketones (excluding diaryl/α,β-unsaturated/α-hetero) is 1. The molecule has 0 saturated heterocycles. The lowest BCUT2D eigenvalue weighted by Crippen LogP contribution is -2.45. The maximum absolute atomic E-state index is 12.1. The maximum atomic E-state index is 12.1. The van der Waals surface area contributed by atoms with Crippen molar-refractivity contribution in [3.8, 4) is 0 Å². The Labute approximate surface area is 117 Å². The first kappa shape index (κ1) is 14.2. The van der Waals surface area contributed by atoms with Gasteiger partial charge in [0.15, 0.2) is 0 Å². The van der Waals surface area contributed by atoms with Crippen molar-refractivity contribution in [1.29, 1.82) is 0 Å². The summed E-state index contributed by atoms with van der Waals surface area (Å²) in [6.45, 7) is 6.81. The number of esters is 1. The van der Waals surface area contributed by atoms with Gasteiger partial charge in [0.1, 0.15) is 11.6 Å². The predicted octanol–water partition coefficient (Wildman–Crippen LogP) is 1.95. The standard InChI is InChI=1S/C15H17NO4/c1-9(14(19)20-15(2,3)4)16-11-8-6-5-7-10(11)12(17)13(16)18/h5-9H,1-4H3. The van der Waals surface area contributed by atoms with Crippen LogP contribution >= 0.6 is 0 Å². The summed E-state index contributed by atoms with van der Waals surface area (Å²) in [5, 5.41) is 0. The fourth-order valence-corrected chi connectivity index (χ4v) is 2.09. The summed E-state index contributed by atoms with van der Waals surface area (Å²) in [6, 6.07) is 5.80. The van der Waals surface area contributed by atoms with Crippen molar-refractivity contribution in [2.24, 2.45) is 0 Å². The van der Waals surface area contributed by atoms with E-state index in [0.717, 1.165) is 0 Å². The van der Waals surface area contributed by atoms with Crippen LogP contribution in [-0.4, -0.2) is 29.3 Å². The Morgan fingerprint density at radius 1 is 1.20 bits per heavy atom. The van der Waals surface area contributed by atoms with Gasteiger partial charge in [-0.05, 0) is 39.8 Å². The molecule has 0 spiro atoms. The van der Waals surface area contributed by atoms with Crippen LogP contribution in [0.5, 0.6) is 0 Å². The van der Waals surface area contributed by atoms with E-state index in [9.17, 15) is 14.4 Å². The lowest BCUT2D eigenvalue weighted by Gasteiger charge is -2.27. The Bertz CT molecular complexity index is 586. The molecule has 0 saturated carbocycles. The van der Waals surface area contributed by atoms with Crippen molar-refractivity contribution < 1.29 is 19.1 Å².